The van der Waals surface area contributed by atoms with Crippen molar-refractivity contribution in [1.29, 1.82) is 0 Å². The van der Waals surface area contributed by atoms with E-state index in [4.69, 9.17) is 0 Å². The first-order valence-electron chi connectivity index (χ1n) is 7.45. The van der Waals surface area contributed by atoms with Crippen molar-refractivity contribution >= 4 is 15.7 Å². The predicted octanol–water partition coefficient (Wildman–Crippen LogP) is 2.56. The van der Waals surface area contributed by atoms with Gasteiger partial charge in [0.2, 0.25) is 5.91 Å². The molecule has 0 atom stereocenters. The van der Waals surface area contributed by atoms with E-state index in [-0.39, 0.29) is 16.8 Å². The molecular weight excluding hydrogens is 286 g/mol. The molecule has 2 rings (SSSR count). The van der Waals surface area contributed by atoms with Crippen molar-refractivity contribution in [2.75, 3.05) is 12.8 Å². The zero-order valence-electron chi connectivity index (χ0n) is 12.7. The molecule has 0 spiro atoms. The summed E-state index contributed by atoms with van der Waals surface area (Å²) in [6.07, 6.45) is 5.40. The Morgan fingerprint density at radius 1 is 1.14 bits per heavy atom. The first-order valence-corrected chi connectivity index (χ1v) is 9.10. The quantitative estimate of drug-likeness (QED) is 0.859. The Bertz CT molecular complexity index is 586. The zero-order valence-corrected chi connectivity index (χ0v) is 13.5. The van der Waals surface area contributed by atoms with Crippen LogP contribution in [0.3, 0.4) is 0 Å². The van der Waals surface area contributed by atoms with Crippen LogP contribution < -0.4 is 0 Å². The van der Waals surface area contributed by atoms with Crippen molar-refractivity contribution < 1.29 is 13.2 Å². The van der Waals surface area contributed by atoms with Gasteiger partial charge in [-0.1, -0.05) is 37.0 Å². The molecule has 21 heavy (non-hydrogen) atoms. The number of sulfone groups is 1. The Balaban J connectivity index is 2.05. The SMILES string of the molecule is Cc1ccc(S(=O)(=O)CC(=O)N(C)C2CCCCC2)cc1. The van der Waals surface area contributed by atoms with E-state index in [1.165, 1.54) is 6.42 Å². The van der Waals surface area contributed by atoms with E-state index in [9.17, 15) is 13.2 Å². The van der Waals surface area contributed by atoms with Gasteiger partial charge >= 0.3 is 0 Å². The molecule has 4 nitrogen and oxygen atoms in total. The normalized spacial score (nSPS) is 16.7. The van der Waals surface area contributed by atoms with Crippen LogP contribution in [0.2, 0.25) is 0 Å². The van der Waals surface area contributed by atoms with E-state index in [0.29, 0.717) is 0 Å². The standard InChI is InChI=1S/C16H23NO3S/c1-13-8-10-15(11-9-13)21(19,20)12-16(18)17(2)14-6-4-3-5-7-14/h8-11,14H,3-7,12H2,1-2H3. The average Bonchev–Trinajstić information content (AvgIpc) is 2.47. The predicted molar refractivity (Wildman–Crippen MR) is 82.9 cm³/mol. The van der Waals surface area contributed by atoms with Crippen molar-refractivity contribution in [3.8, 4) is 0 Å². The molecule has 1 amide bonds. The smallest absolute Gasteiger partial charge is 0.238 e. The lowest BCUT2D eigenvalue weighted by atomic mass is 9.94. The van der Waals surface area contributed by atoms with Gasteiger partial charge in [0.25, 0.3) is 0 Å². The molecule has 0 unspecified atom stereocenters. The molecule has 0 aliphatic heterocycles. The highest BCUT2D eigenvalue weighted by Crippen LogP contribution is 2.22. The van der Waals surface area contributed by atoms with Crippen LogP contribution in [-0.2, 0) is 14.6 Å². The van der Waals surface area contributed by atoms with E-state index in [1.54, 1.807) is 36.2 Å². The third-order valence-electron chi connectivity index (χ3n) is 4.21. The van der Waals surface area contributed by atoms with E-state index in [0.717, 1.165) is 31.2 Å². The highest BCUT2D eigenvalue weighted by atomic mass is 32.2. The fourth-order valence-corrected chi connectivity index (χ4v) is 4.01. The lowest BCUT2D eigenvalue weighted by Crippen LogP contribution is -2.41. The van der Waals surface area contributed by atoms with Crippen molar-refractivity contribution in [3.05, 3.63) is 29.8 Å². The topological polar surface area (TPSA) is 54.5 Å². The zero-order chi connectivity index (χ0) is 15.5. The molecule has 1 aliphatic rings. The number of hydrogen-bond acceptors (Lipinski definition) is 3. The molecule has 0 N–H and O–H groups in total. The maximum Gasteiger partial charge on any atom is 0.238 e. The van der Waals surface area contributed by atoms with Crippen LogP contribution in [0.5, 0.6) is 0 Å². The summed E-state index contributed by atoms with van der Waals surface area (Å²) in [4.78, 5) is 14.1. The van der Waals surface area contributed by atoms with Gasteiger partial charge < -0.3 is 4.90 Å². The van der Waals surface area contributed by atoms with Gasteiger partial charge in [0.1, 0.15) is 5.75 Å². The number of hydrogen-bond donors (Lipinski definition) is 0. The molecule has 116 valence electrons. The summed E-state index contributed by atoms with van der Waals surface area (Å²) in [7, 11) is -1.83. The van der Waals surface area contributed by atoms with Crippen LogP contribution in [0.1, 0.15) is 37.7 Å². The number of carbonyl (C=O) groups excluding carboxylic acids is 1. The molecule has 0 heterocycles. The van der Waals surface area contributed by atoms with Gasteiger partial charge in [-0.3, -0.25) is 4.79 Å². The van der Waals surface area contributed by atoms with Crippen molar-refractivity contribution in [2.24, 2.45) is 0 Å². The van der Waals surface area contributed by atoms with E-state index >= 15 is 0 Å². The van der Waals surface area contributed by atoms with Gasteiger partial charge in [0.15, 0.2) is 9.84 Å². The molecule has 1 aromatic rings. The monoisotopic (exact) mass is 309 g/mol. The third kappa shape index (κ3) is 4.06. The van der Waals surface area contributed by atoms with Crippen molar-refractivity contribution in [2.45, 2.75) is 50.0 Å². The molecule has 1 aliphatic carbocycles. The molecular formula is C16H23NO3S. The van der Waals surface area contributed by atoms with Gasteiger partial charge in [-0.25, -0.2) is 8.42 Å². The van der Waals surface area contributed by atoms with Gasteiger partial charge in [-0.2, -0.15) is 0 Å². The molecule has 0 saturated heterocycles. The lowest BCUT2D eigenvalue weighted by molar-refractivity contribution is -0.129. The number of aryl methyl sites for hydroxylation is 1. The minimum absolute atomic E-state index is 0.194. The Kier molecular flexibility index (Phi) is 5.04. The van der Waals surface area contributed by atoms with Crippen LogP contribution in [0, 0.1) is 6.92 Å². The summed E-state index contributed by atoms with van der Waals surface area (Å²) in [5.74, 6) is -0.745. The van der Waals surface area contributed by atoms with E-state index in [1.807, 2.05) is 6.92 Å². The second-order valence-electron chi connectivity index (χ2n) is 5.87. The molecule has 0 aromatic heterocycles. The van der Waals surface area contributed by atoms with Crippen molar-refractivity contribution in [1.82, 2.24) is 4.90 Å². The summed E-state index contributed by atoms with van der Waals surface area (Å²) in [6.45, 7) is 1.90. The second-order valence-corrected chi connectivity index (χ2v) is 7.86. The number of rotatable bonds is 4. The largest absolute Gasteiger partial charge is 0.342 e. The number of nitrogens with zero attached hydrogens (tertiary/aromatic N) is 1. The summed E-state index contributed by atoms with van der Waals surface area (Å²) in [5, 5.41) is 0. The molecule has 5 heteroatoms. The Hall–Kier alpha value is -1.36. The fraction of sp³-hybridized carbons (Fsp3) is 0.562. The molecule has 1 aromatic carbocycles. The highest BCUT2D eigenvalue weighted by molar-refractivity contribution is 7.92. The molecule has 1 fully saturated rings. The summed E-state index contributed by atoms with van der Waals surface area (Å²) < 4.78 is 24.6. The first-order chi connectivity index (χ1) is 9.90. The number of carbonyl (C=O) groups is 1. The van der Waals surface area contributed by atoms with Crippen LogP contribution in [0.15, 0.2) is 29.2 Å². The van der Waals surface area contributed by atoms with Gasteiger partial charge in [0.05, 0.1) is 4.90 Å². The van der Waals surface area contributed by atoms with E-state index < -0.39 is 15.6 Å². The maximum atomic E-state index is 12.3. The minimum Gasteiger partial charge on any atom is -0.342 e. The van der Waals surface area contributed by atoms with Gasteiger partial charge in [-0.05, 0) is 31.9 Å². The number of benzene rings is 1. The molecule has 0 bridgehead atoms. The van der Waals surface area contributed by atoms with Crippen molar-refractivity contribution in [3.63, 3.8) is 0 Å². The number of amides is 1. The minimum atomic E-state index is -3.55. The Morgan fingerprint density at radius 3 is 2.29 bits per heavy atom. The van der Waals surface area contributed by atoms with Gasteiger partial charge in [-0.15, -0.1) is 0 Å². The first kappa shape index (κ1) is 16.0. The van der Waals surface area contributed by atoms with Gasteiger partial charge in [0, 0.05) is 13.1 Å². The molecule has 0 radical (unpaired) electrons. The fourth-order valence-electron chi connectivity index (χ4n) is 2.77. The highest BCUT2D eigenvalue weighted by Gasteiger charge is 2.26. The van der Waals surface area contributed by atoms with Crippen LogP contribution in [-0.4, -0.2) is 38.1 Å². The summed E-state index contributed by atoms with van der Waals surface area (Å²) in [6, 6.07) is 6.83. The third-order valence-corrected chi connectivity index (χ3v) is 5.83. The Labute approximate surface area is 127 Å². The van der Waals surface area contributed by atoms with Crippen LogP contribution >= 0.6 is 0 Å². The Morgan fingerprint density at radius 2 is 1.71 bits per heavy atom. The van der Waals surface area contributed by atoms with Crippen LogP contribution in [0.25, 0.3) is 0 Å². The maximum absolute atomic E-state index is 12.3. The average molecular weight is 309 g/mol. The van der Waals surface area contributed by atoms with E-state index in [2.05, 4.69) is 0 Å². The lowest BCUT2D eigenvalue weighted by Gasteiger charge is -2.31. The molecule has 1 saturated carbocycles. The summed E-state index contributed by atoms with van der Waals surface area (Å²) >= 11 is 0. The van der Waals surface area contributed by atoms with Crippen LogP contribution in [0.4, 0.5) is 0 Å². The summed E-state index contributed by atoms with van der Waals surface area (Å²) in [5.41, 5.74) is 1.000. The second kappa shape index (κ2) is 6.60.